The maximum atomic E-state index is 11.6. The first-order chi connectivity index (χ1) is 17.8. The van der Waals surface area contributed by atoms with Gasteiger partial charge in [0.2, 0.25) is 6.79 Å². The fourth-order valence-corrected chi connectivity index (χ4v) is 5.39. The third-order valence-electron chi connectivity index (χ3n) is 5.31. The largest absolute Gasteiger partial charge is 0.457 e. The van der Waals surface area contributed by atoms with Crippen LogP contribution in [0.2, 0.25) is 0 Å². The lowest BCUT2D eigenvalue weighted by Gasteiger charge is -2.07. The molecule has 0 aliphatic heterocycles. The molecule has 0 N–H and O–H groups in total. The summed E-state index contributed by atoms with van der Waals surface area (Å²) in [6.07, 6.45) is 0. The van der Waals surface area contributed by atoms with E-state index in [4.69, 9.17) is 14.2 Å². The second-order valence-electron chi connectivity index (χ2n) is 8.38. The summed E-state index contributed by atoms with van der Waals surface area (Å²) in [6, 6.07) is 24.2. The summed E-state index contributed by atoms with van der Waals surface area (Å²) in [7, 11) is 0. The average Bonchev–Trinajstić information content (AvgIpc) is 3.58. The second kappa shape index (κ2) is 11.9. The minimum atomic E-state index is -0.474. The van der Waals surface area contributed by atoms with Crippen LogP contribution in [0.3, 0.4) is 0 Å². The number of hydrogen-bond acceptors (Lipinski definition) is 7. The molecule has 4 rings (SSSR count). The summed E-state index contributed by atoms with van der Waals surface area (Å²) >= 11 is 3.46. The Morgan fingerprint density at radius 3 is 1.62 bits per heavy atom. The Bertz CT molecular complexity index is 1430. The van der Waals surface area contributed by atoms with Crippen LogP contribution >= 0.6 is 22.7 Å². The molecule has 4 aromatic rings. The van der Waals surface area contributed by atoms with Crippen molar-refractivity contribution in [1.29, 1.82) is 0 Å². The molecule has 188 valence electrons. The van der Waals surface area contributed by atoms with Crippen molar-refractivity contribution < 1.29 is 23.8 Å². The van der Waals surface area contributed by atoms with Crippen LogP contribution in [0.25, 0.3) is 30.6 Å². The van der Waals surface area contributed by atoms with Crippen LogP contribution in [0.4, 0.5) is 0 Å². The fourth-order valence-electron chi connectivity index (χ4n) is 3.28. The van der Waals surface area contributed by atoms with Gasteiger partial charge in [-0.05, 0) is 79.1 Å². The lowest BCUT2D eigenvalue weighted by atomic mass is 10.1. The van der Waals surface area contributed by atoms with Crippen molar-refractivity contribution in [3.8, 4) is 36.4 Å². The highest BCUT2D eigenvalue weighted by Gasteiger charge is 2.10. The molecule has 0 aliphatic rings. The van der Waals surface area contributed by atoms with Gasteiger partial charge in [-0.25, -0.2) is 9.59 Å². The maximum Gasteiger partial charge on any atom is 0.335 e. The standard InChI is InChI=1S/C30H26O5S2/c1-19(2)29(31)33-17-21-5-7-22(8-6-21)25-13-15-27(36-25)28-16-14-26(37-28)23-9-11-24(12-10-23)34-18-35-30(32)20(3)4/h5-16H,1,3,17-18H2,2,4H3. The summed E-state index contributed by atoms with van der Waals surface area (Å²) in [5, 5.41) is 0. The van der Waals surface area contributed by atoms with Gasteiger partial charge in [0.25, 0.3) is 0 Å². The zero-order chi connectivity index (χ0) is 26.4. The second-order valence-corrected chi connectivity index (χ2v) is 10.5. The molecule has 37 heavy (non-hydrogen) atoms. The van der Waals surface area contributed by atoms with Crippen molar-refractivity contribution in [3.05, 3.63) is 103 Å². The molecule has 0 radical (unpaired) electrons. The molecule has 0 unspecified atom stereocenters. The molecule has 0 aliphatic carbocycles. The van der Waals surface area contributed by atoms with E-state index in [-0.39, 0.29) is 19.4 Å². The Hall–Kier alpha value is -3.94. The molecule has 0 spiro atoms. The first-order valence-corrected chi connectivity index (χ1v) is 13.1. The lowest BCUT2D eigenvalue weighted by Crippen LogP contribution is -2.10. The van der Waals surface area contributed by atoms with Gasteiger partial charge in [0, 0.05) is 30.7 Å². The lowest BCUT2D eigenvalue weighted by molar-refractivity contribution is -0.145. The van der Waals surface area contributed by atoms with Crippen LogP contribution in [-0.2, 0) is 25.7 Å². The van der Waals surface area contributed by atoms with Gasteiger partial charge in [0.05, 0.1) is 0 Å². The SMILES string of the molecule is C=C(C)C(=O)OCOc1ccc(-c2ccc(-c3ccc(-c4ccc(COC(=O)C(=C)C)cc4)s3)s2)cc1. The summed E-state index contributed by atoms with van der Waals surface area (Å²) in [5.74, 6) is -0.232. The molecular formula is C30H26O5S2. The molecule has 5 nitrogen and oxygen atoms in total. The van der Waals surface area contributed by atoms with Gasteiger partial charge in [-0.2, -0.15) is 0 Å². The van der Waals surface area contributed by atoms with Crippen LogP contribution in [0.15, 0.2) is 97.1 Å². The van der Waals surface area contributed by atoms with E-state index in [9.17, 15) is 9.59 Å². The van der Waals surface area contributed by atoms with Crippen molar-refractivity contribution in [3.63, 3.8) is 0 Å². The van der Waals surface area contributed by atoms with Gasteiger partial charge < -0.3 is 14.2 Å². The van der Waals surface area contributed by atoms with Gasteiger partial charge in [-0.1, -0.05) is 37.4 Å². The van der Waals surface area contributed by atoms with Crippen LogP contribution in [0.1, 0.15) is 19.4 Å². The van der Waals surface area contributed by atoms with Crippen molar-refractivity contribution in [2.24, 2.45) is 0 Å². The number of benzene rings is 2. The Kier molecular flexibility index (Phi) is 8.38. The molecule has 0 saturated carbocycles. The monoisotopic (exact) mass is 530 g/mol. The number of carbonyl (C=O) groups excluding carboxylic acids is 2. The highest BCUT2D eigenvalue weighted by atomic mass is 32.1. The van der Waals surface area contributed by atoms with Crippen LogP contribution in [-0.4, -0.2) is 18.7 Å². The smallest absolute Gasteiger partial charge is 0.335 e. The molecule has 7 heteroatoms. The molecule has 0 bridgehead atoms. The van der Waals surface area contributed by atoms with Gasteiger partial charge in [0.15, 0.2) is 0 Å². The van der Waals surface area contributed by atoms with Crippen LogP contribution in [0, 0.1) is 0 Å². The molecule has 2 aromatic carbocycles. The quantitative estimate of drug-likeness (QED) is 0.119. The number of esters is 2. The van der Waals surface area contributed by atoms with Gasteiger partial charge >= 0.3 is 11.9 Å². The normalized spacial score (nSPS) is 10.5. The minimum absolute atomic E-state index is 0.153. The number of hydrogen-bond donors (Lipinski definition) is 0. The molecule has 2 aromatic heterocycles. The fraction of sp³-hybridized carbons (Fsp3) is 0.133. The predicted molar refractivity (Wildman–Crippen MR) is 150 cm³/mol. The summed E-state index contributed by atoms with van der Waals surface area (Å²) in [4.78, 5) is 27.7. The number of carbonyl (C=O) groups is 2. The Morgan fingerprint density at radius 1 is 0.649 bits per heavy atom. The van der Waals surface area contributed by atoms with Crippen molar-refractivity contribution in [2.75, 3.05) is 6.79 Å². The van der Waals surface area contributed by atoms with E-state index in [0.717, 1.165) is 21.6 Å². The molecule has 0 atom stereocenters. The van der Waals surface area contributed by atoms with E-state index >= 15 is 0 Å². The first-order valence-electron chi connectivity index (χ1n) is 11.5. The zero-order valence-corrected chi connectivity index (χ0v) is 22.2. The van der Waals surface area contributed by atoms with Gasteiger partial charge in [0.1, 0.15) is 12.4 Å². The molecule has 0 amide bonds. The highest BCUT2D eigenvalue weighted by molar-refractivity contribution is 7.25. The Morgan fingerprint density at radius 2 is 1.11 bits per heavy atom. The maximum absolute atomic E-state index is 11.6. The van der Waals surface area contributed by atoms with Crippen LogP contribution < -0.4 is 4.74 Å². The van der Waals surface area contributed by atoms with E-state index in [1.807, 2.05) is 48.5 Å². The predicted octanol–water partition coefficient (Wildman–Crippen LogP) is 7.89. The summed E-state index contributed by atoms with van der Waals surface area (Å²) in [6.45, 7) is 10.4. The Labute approximate surface area is 224 Å². The van der Waals surface area contributed by atoms with Gasteiger partial charge in [-0.15, -0.1) is 22.7 Å². The number of thiophene rings is 2. The topological polar surface area (TPSA) is 61.8 Å². The molecular weight excluding hydrogens is 504 g/mol. The Balaban J connectivity index is 1.37. The van der Waals surface area contributed by atoms with E-state index in [0.29, 0.717) is 16.9 Å². The van der Waals surface area contributed by atoms with Gasteiger partial charge in [-0.3, -0.25) is 0 Å². The zero-order valence-electron chi connectivity index (χ0n) is 20.6. The van der Waals surface area contributed by atoms with E-state index in [2.05, 4.69) is 37.4 Å². The van der Waals surface area contributed by atoms with Crippen molar-refractivity contribution in [1.82, 2.24) is 0 Å². The third-order valence-corrected chi connectivity index (χ3v) is 7.78. The van der Waals surface area contributed by atoms with E-state index < -0.39 is 5.97 Å². The van der Waals surface area contributed by atoms with Crippen molar-refractivity contribution >= 4 is 34.6 Å². The first kappa shape index (κ1) is 26.1. The summed E-state index contributed by atoms with van der Waals surface area (Å²) < 4.78 is 15.7. The average molecular weight is 531 g/mol. The van der Waals surface area contributed by atoms with E-state index in [1.54, 1.807) is 36.5 Å². The molecule has 2 heterocycles. The third kappa shape index (κ3) is 6.84. The molecule has 0 fully saturated rings. The minimum Gasteiger partial charge on any atom is -0.457 e. The van der Waals surface area contributed by atoms with Crippen LogP contribution in [0.5, 0.6) is 5.75 Å². The number of ether oxygens (including phenoxy) is 3. The molecule has 0 saturated heterocycles. The van der Waals surface area contributed by atoms with E-state index in [1.165, 1.54) is 14.6 Å². The highest BCUT2D eigenvalue weighted by Crippen LogP contribution is 2.40. The van der Waals surface area contributed by atoms with Crippen molar-refractivity contribution in [2.45, 2.75) is 20.5 Å². The summed E-state index contributed by atoms with van der Waals surface area (Å²) in [5.41, 5.74) is 3.86. The number of rotatable bonds is 10.